The molecule has 3 N–H and O–H groups in total. The first-order valence-electron chi connectivity index (χ1n) is 7.11. The molecular weight excluding hydrogens is 256 g/mol. The summed E-state index contributed by atoms with van der Waals surface area (Å²) in [6.07, 6.45) is 0.498. The molecule has 1 amide bonds. The Bertz CT molecular complexity index is 342. The number of oxime groups is 1. The first-order chi connectivity index (χ1) is 9.18. The van der Waals surface area contributed by atoms with Crippen LogP contribution in [0.15, 0.2) is 5.16 Å². The molecule has 0 aliphatic rings. The van der Waals surface area contributed by atoms with Crippen LogP contribution in [0, 0.1) is 11.3 Å². The van der Waals surface area contributed by atoms with Gasteiger partial charge in [0.15, 0.2) is 5.84 Å². The van der Waals surface area contributed by atoms with Crippen molar-refractivity contribution < 1.29 is 10.0 Å². The predicted molar refractivity (Wildman–Crippen MR) is 81.8 cm³/mol. The molecule has 0 radical (unpaired) electrons. The van der Waals surface area contributed by atoms with Gasteiger partial charge in [-0.05, 0) is 33.4 Å². The first kappa shape index (κ1) is 18.7. The van der Waals surface area contributed by atoms with Gasteiger partial charge in [0.2, 0.25) is 5.91 Å². The zero-order valence-corrected chi connectivity index (χ0v) is 13.7. The van der Waals surface area contributed by atoms with Crippen LogP contribution in [0.4, 0.5) is 0 Å². The molecule has 1 atom stereocenters. The van der Waals surface area contributed by atoms with Crippen molar-refractivity contribution in [2.45, 2.75) is 34.1 Å². The van der Waals surface area contributed by atoms with Crippen LogP contribution >= 0.6 is 0 Å². The average molecular weight is 286 g/mol. The van der Waals surface area contributed by atoms with Crippen molar-refractivity contribution in [3.8, 4) is 0 Å². The summed E-state index contributed by atoms with van der Waals surface area (Å²) in [5.74, 6) is 0.268. The Morgan fingerprint density at radius 3 is 2.25 bits per heavy atom. The van der Waals surface area contributed by atoms with Crippen molar-refractivity contribution in [3.63, 3.8) is 0 Å². The SMILES string of the molecule is CCC(C)(C(=O)N(CCN(C)C)CC(C)C)C(N)=NO. The van der Waals surface area contributed by atoms with E-state index in [0.717, 1.165) is 6.54 Å². The summed E-state index contributed by atoms with van der Waals surface area (Å²) in [5.41, 5.74) is 4.78. The maximum absolute atomic E-state index is 12.8. The second-order valence-corrected chi connectivity index (χ2v) is 6.12. The van der Waals surface area contributed by atoms with Crippen LogP contribution in [0.3, 0.4) is 0 Å². The highest BCUT2D eigenvalue weighted by Crippen LogP contribution is 2.25. The summed E-state index contributed by atoms with van der Waals surface area (Å²) >= 11 is 0. The monoisotopic (exact) mass is 286 g/mol. The van der Waals surface area contributed by atoms with Gasteiger partial charge in [0.05, 0.1) is 0 Å². The maximum atomic E-state index is 12.8. The normalized spacial score (nSPS) is 15.5. The molecule has 0 bridgehead atoms. The van der Waals surface area contributed by atoms with E-state index in [1.54, 1.807) is 6.92 Å². The average Bonchev–Trinajstić information content (AvgIpc) is 2.40. The second-order valence-electron chi connectivity index (χ2n) is 6.12. The minimum absolute atomic E-state index is 0.0244. The standard InChI is InChI=1S/C14H30N4O2/c1-7-14(4,12(15)16-20)13(19)18(10-11(2)3)9-8-17(5)6/h11,20H,7-10H2,1-6H3,(H2,15,16). The van der Waals surface area contributed by atoms with Gasteiger partial charge in [-0.3, -0.25) is 4.79 Å². The van der Waals surface area contributed by atoms with Crippen molar-refractivity contribution >= 4 is 11.7 Å². The minimum Gasteiger partial charge on any atom is -0.409 e. The van der Waals surface area contributed by atoms with Gasteiger partial charge in [-0.25, -0.2) is 0 Å². The fraction of sp³-hybridized carbons (Fsp3) is 0.857. The van der Waals surface area contributed by atoms with Gasteiger partial charge in [0, 0.05) is 19.6 Å². The fourth-order valence-electron chi connectivity index (χ4n) is 1.94. The predicted octanol–water partition coefficient (Wildman–Crippen LogP) is 1.20. The molecular formula is C14H30N4O2. The first-order valence-corrected chi connectivity index (χ1v) is 7.11. The molecule has 6 heteroatoms. The zero-order chi connectivity index (χ0) is 15.9. The number of nitrogens with two attached hydrogens (primary N) is 1. The number of nitrogens with zero attached hydrogens (tertiary/aromatic N) is 3. The van der Waals surface area contributed by atoms with Crippen LogP contribution in [-0.2, 0) is 4.79 Å². The van der Waals surface area contributed by atoms with E-state index < -0.39 is 5.41 Å². The van der Waals surface area contributed by atoms with Crippen molar-refractivity contribution in [1.29, 1.82) is 0 Å². The number of carbonyl (C=O) groups excluding carboxylic acids is 1. The molecule has 0 aromatic rings. The van der Waals surface area contributed by atoms with E-state index in [4.69, 9.17) is 10.9 Å². The van der Waals surface area contributed by atoms with Gasteiger partial charge in [-0.2, -0.15) is 0 Å². The molecule has 0 heterocycles. The van der Waals surface area contributed by atoms with Crippen LogP contribution < -0.4 is 5.73 Å². The fourth-order valence-corrected chi connectivity index (χ4v) is 1.94. The number of likely N-dealkylation sites (N-methyl/N-ethyl adjacent to an activating group) is 1. The summed E-state index contributed by atoms with van der Waals surface area (Å²) in [4.78, 5) is 16.6. The molecule has 0 aromatic heterocycles. The van der Waals surface area contributed by atoms with E-state index in [0.29, 0.717) is 25.4 Å². The molecule has 0 saturated heterocycles. The van der Waals surface area contributed by atoms with Gasteiger partial charge < -0.3 is 20.7 Å². The third kappa shape index (κ3) is 5.00. The van der Waals surface area contributed by atoms with Gasteiger partial charge in [0.1, 0.15) is 5.41 Å². The highest BCUT2D eigenvalue weighted by molar-refractivity contribution is 6.06. The minimum atomic E-state index is -0.948. The van der Waals surface area contributed by atoms with E-state index >= 15 is 0 Å². The number of hydrogen-bond donors (Lipinski definition) is 2. The third-order valence-corrected chi connectivity index (χ3v) is 3.54. The number of rotatable bonds is 8. The Morgan fingerprint density at radius 1 is 1.35 bits per heavy atom. The Morgan fingerprint density at radius 2 is 1.90 bits per heavy atom. The Balaban J connectivity index is 5.17. The number of hydrogen-bond acceptors (Lipinski definition) is 4. The van der Waals surface area contributed by atoms with E-state index in [-0.39, 0.29) is 11.7 Å². The molecule has 0 spiro atoms. The van der Waals surface area contributed by atoms with E-state index in [9.17, 15) is 4.79 Å². The van der Waals surface area contributed by atoms with Gasteiger partial charge in [0.25, 0.3) is 0 Å². The van der Waals surface area contributed by atoms with Crippen molar-refractivity contribution in [2.75, 3.05) is 33.7 Å². The van der Waals surface area contributed by atoms with E-state index in [1.807, 2.05) is 30.8 Å². The molecule has 1 unspecified atom stereocenters. The highest BCUT2D eigenvalue weighted by Gasteiger charge is 2.39. The summed E-state index contributed by atoms with van der Waals surface area (Å²) in [5, 5.41) is 12.0. The topological polar surface area (TPSA) is 82.2 Å². The summed E-state index contributed by atoms with van der Waals surface area (Å²) in [6, 6.07) is 0. The van der Waals surface area contributed by atoms with Crippen LogP contribution in [0.1, 0.15) is 34.1 Å². The van der Waals surface area contributed by atoms with Crippen LogP contribution in [0.5, 0.6) is 0 Å². The Kier molecular flexibility index (Phi) is 7.57. The van der Waals surface area contributed by atoms with Gasteiger partial charge in [-0.15, -0.1) is 0 Å². The molecule has 118 valence electrons. The Hall–Kier alpha value is -1.30. The zero-order valence-electron chi connectivity index (χ0n) is 13.7. The lowest BCUT2D eigenvalue weighted by Crippen LogP contribution is -2.51. The van der Waals surface area contributed by atoms with Crippen LogP contribution in [0.2, 0.25) is 0 Å². The van der Waals surface area contributed by atoms with Crippen molar-refractivity contribution in [1.82, 2.24) is 9.80 Å². The lowest BCUT2D eigenvalue weighted by molar-refractivity contribution is -0.138. The van der Waals surface area contributed by atoms with Crippen molar-refractivity contribution in [3.05, 3.63) is 0 Å². The summed E-state index contributed by atoms with van der Waals surface area (Å²) in [6.45, 7) is 9.84. The number of carbonyl (C=O) groups is 1. The van der Waals surface area contributed by atoms with Gasteiger partial charge in [-0.1, -0.05) is 25.9 Å². The summed E-state index contributed by atoms with van der Waals surface area (Å²) in [7, 11) is 3.95. The molecule has 0 rings (SSSR count). The molecule has 6 nitrogen and oxygen atoms in total. The van der Waals surface area contributed by atoms with E-state index in [1.165, 1.54) is 0 Å². The highest BCUT2D eigenvalue weighted by atomic mass is 16.4. The smallest absolute Gasteiger partial charge is 0.236 e. The maximum Gasteiger partial charge on any atom is 0.236 e. The molecule has 0 saturated carbocycles. The molecule has 0 fully saturated rings. The summed E-state index contributed by atoms with van der Waals surface area (Å²) < 4.78 is 0. The van der Waals surface area contributed by atoms with Gasteiger partial charge >= 0.3 is 0 Å². The molecule has 0 aromatic carbocycles. The number of amidine groups is 1. The largest absolute Gasteiger partial charge is 0.409 e. The van der Waals surface area contributed by atoms with Crippen molar-refractivity contribution in [2.24, 2.45) is 22.2 Å². The van der Waals surface area contributed by atoms with Crippen LogP contribution in [0.25, 0.3) is 0 Å². The lowest BCUT2D eigenvalue weighted by Gasteiger charge is -2.34. The third-order valence-electron chi connectivity index (χ3n) is 3.54. The molecule has 20 heavy (non-hydrogen) atoms. The molecule has 0 aliphatic heterocycles. The number of amides is 1. The van der Waals surface area contributed by atoms with Crippen LogP contribution in [-0.4, -0.2) is 60.5 Å². The lowest BCUT2D eigenvalue weighted by atomic mass is 9.84. The Labute approximate surface area is 122 Å². The second kappa shape index (κ2) is 8.09. The quantitative estimate of drug-likeness (QED) is 0.304. The molecule has 0 aliphatic carbocycles. The van der Waals surface area contributed by atoms with E-state index in [2.05, 4.69) is 19.0 Å².